The van der Waals surface area contributed by atoms with Crippen molar-refractivity contribution in [2.75, 3.05) is 26.2 Å². The van der Waals surface area contributed by atoms with E-state index in [1.54, 1.807) is 13.1 Å². The number of hydrogen-bond acceptors (Lipinski definition) is 5. The Labute approximate surface area is 171 Å². The van der Waals surface area contributed by atoms with Crippen LogP contribution < -0.4 is 0 Å². The highest BCUT2D eigenvalue weighted by molar-refractivity contribution is 5.73. The molecule has 4 rings (SSSR count). The number of rotatable bonds is 6. The summed E-state index contributed by atoms with van der Waals surface area (Å²) in [4.78, 5) is 29.9. The van der Waals surface area contributed by atoms with Crippen LogP contribution in [0.1, 0.15) is 31.8 Å². The Morgan fingerprint density at radius 2 is 2.00 bits per heavy atom. The van der Waals surface area contributed by atoms with Crippen molar-refractivity contribution in [1.29, 1.82) is 0 Å². The highest BCUT2D eigenvalue weighted by atomic mass is 16.2. The van der Waals surface area contributed by atoms with E-state index >= 15 is 0 Å². The van der Waals surface area contributed by atoms with Gasteiger partial charge in [-0.1, -0.05) is 6.92 Å². The van der Waals surface area contributed by atoms with Gasteiger partial charge in [-0.15, -0.1) is 0 Å². The first-order chi connectivity index (χ1) is 14.1. The standard InChI is InChI=1S/C21H29N7O/c1-3-6-26-7-4-23-21(26)16-25-9-10-27(17(2)29)14-18(13-25)11-19-15-28-8-5-22-20(28)12-24-19/h4-5,7-8,12,15,18H,3,6,9-11,13-14,16H2,1-2H3. The second-order valence-electron chi connectivity index (χ2n) is 7.88. The third kappa shape index (κ3) is 4.64. The van der Waals surface area contributed by atoms with E-state index in [1.165, 1.54) is 0 Å². The molecular weight excluding hydrogens is 366 g/mol. The summed E-state index contributed by atoms with van der Waals surface area (Å²) < 4.78 is 4.23. The first kappa shape index (κ1) is 19.6. The average Bonchev–Trinajstić information content (AvgIpc) is 3.28. The lowest BCUT2D eigenvalue weighted by atomic mass is 10.0. The number of hydrogen-bond donors (Lipinski definition) is 0. The summed E-state index contributed by atoms with van der Waals surface area (Å²) in [6.45, 7) is 8.95. The summed E-state index contributed by atoms with van der Waals surface area (Å²) >= 11 is 0. The van der Waals surface area contributed by atoms with Crippen LogP contribution in [0.3, 0.4) is 0 Å². The predicted octanol–water partition coefficient (Wildman–Crippen LogP) is 1.86. The molecule has 0 spiro atoms. The third-order valence-electron chi connectivity index (χ3n) is 5.59. The summed E-state index contributed by atoms with van der Waals surface area (Å²) in [5.74, 6) is 1.56. The first-order valence-electron chi connectivity index (χ1n) is 10.4. The summed E-state index contributed by atoms with van der Waals surface area (Å²) in [5.41, 5.74) is 1.88. The van der Waals surface area contributed by atoms with Gasteiger partial charge in [0.1, 0.15) is 5.82 Å². The van der Waals surface area contributed by atoms with Gasteiger partial charge in [-0.2, -0.15) is 0 Å². The molecule has 154 valence electrons. The van der Waals surface area contributed by atoms with Crippen molar-refractivity contribution < 1.29 is 4.79 Å². The molecule has 0 aromatic carbocycles. The Morgan fingerprint density at radius 3 is 2.83 bits per heavy atom. The number of nitrogens with zero attached hydrogens (tertiary/aromatic N) is 7. The van der Waals surface area contributed by atoms with Crippen LogP contribution >= 0.6 is 0 Å². The fourth-order valence-electron chi connectivity index (χ4n) is 4.14. The molecule has 4 heterocycles. The second-order valence-corrected chi connectivity index (χ2v) is 7.88. The molecule has 1 atom stereocenters. The van der Waals surface area contributed by atoms with Crippen LogP contribution in [-0.4, -0.2) is 65.8 Å². The number of amides is 1. The molecule has 3 aromatic rings. The van der Waals surface area contributed by atoms with E-state index < -0.39 is 0 Å². The van der Waals surface area contributed by atoms with Crippen LogP contribution in [0.4, 0.5) is 0 Å². The zero-order valence-corrected chi connectivity index (χ0v) is 17.2. The third-order valence-corrected chi connectivity index (χ3v) is 5.59. The number of carbonyl (C=O) groups excluding carboxylic acids is 1. The van der Waals surface area contributed by atoms with Crippen molar-refractivity contribution in [3.63, 3.8) is 0 Å². The van der Waals surface area contributed by atoms with Gasteiger partial charge >= 0.3 is 0 Å². The van der Waals surface area contributed by atoms with Gasteiger partial charge < -0.3 is 13.9 Å². The van der Waals surface area contributed by atoms with Crippen LogP contribution in [0.5, 0.6) is 0 Å². The number of carbonyl (C=O) groups is 1. The van der Waals surface area contributed by atoms with E-state index in [-0.39, 0.29) is 5.91 Å². The normalized spacial score (nSPS) is 18.3. The van der Waals surface area contributed by atoms with Crippen molar-refractivity contribution in [2.24, 2.45) is 5.92 Å². The fourth-order valence-corrected chi connectivity index (χ4v) is 4.14. The quantitative estimate of drug-likeness (QED) is 0.637. The van der Waals surface area contributed by atoms with Crippen LogP contribution in [-0.2, 0) is 24.3 Å². The molecule has 8 heteroatoms. The largest absolute Gasteiger partial charge is 0.341 e. The number of fused-ring (bicyclic) bond motifs is 1. The molecule has 0 aliphatic carbocycles. The first-order valence-corrected chi connectivity index (χ1v) is 10.4. The van der Waals surface area contributed by atoms with Gasteiger partial charge in [0.05, 0.1) is 18.4 Å². The maximum absolute atomic E-state index is 12.1. The van der Waals surface area contributed by atoms with E-state index in [2.05, 4.69) is 37.5 Å². The van der Waals surface area contributed by atoms with E-state index in [9.17, 15) is 4.79 Å². The van der Waals surface area contributed by atoms with Crippen molar-refractivity contribution in [3.8, 4) is 0 Å². The lowest BCUT2D eigenvalue weighted by Crippen LogP contribution is -2.34. The molecule has 1 aliphatic rings. The highest BCUT2D eigenvalue weighted by Gasteiger charge is 2.25. The van der Waals surface area contributed by atoms with Gasteiger partial charge in [-0.3, -0.25) is 14.7 Å². The lowest BCUT2D eigenvalue weighted by Gasteiger charge is -2.24. The molecule has 1 saturated heterocycles. The summed E-state index contributed by atoms with van der Waals surface area (Å²) in [5, 5.41) is 0. The molecule has 0 radical (unpaired) electrons. The van der Waals surface area contributed by atoms with Crippen LogP contribution in [0.2, 0.25) is 0 Å². The summed E-state index contributed by atoms with van der Waals surface area (Å²) in [6.07, 6.45) is 13.4. The summed E-state index contributed by atoms with van der Waals surface area (Å²) in [7, 11) is 0. The minimum atomic E-state index is 0.141. The Morgan fingerprint density at radius 1 is 1.14 bits per heavy atom. The van der Waals surface area contributed by atoms with Crippen LogP contribution in [0.25, 0.3) is 5.65 Å². The zero-order valence-electron chi connectivity index (χ0n) is 17.2. The van der Waals surface area contributed by atoms with E-state index in [1.807, 2.05) is 34.1 Å². The van der Waals surface area contributed by atoms with Crippen molar-refractivity contribution in [1.82, 2.24) is 33.7 Å². The predicted molar refractivity (Wildman–Crippen MR) is 110 cm³/mol. The molecule has 1 amide bonds. The topological polar surface area (TPSA) is 71.6 Å². The Bertz CT molecular complexity index is 963. The monoisotopic (exact) mass is 395 g/mol. The molecule has 0 N–H and O–H groups in total. The van der Waals surface area contributed by atoms with Crippen molar-refractivity contribution >= 4 is 11.6 Å². The summed E-state index contributed by atoms with van der Waals surface area (Å²) in [6, 6.07) is 0. The van der Waals surface area contributed by atoms with Gasteiger partial charge in [0.25, 0.3) is 0 Å². The Kier molecular flexibility index (Phi) is 5.89. The fraction of sp³-hybridized carbons (Fsp3) is 0.524. The second kappa shape index (κ2) is 8.73. The molecule has 1 fully saturated rings. The minimum Gasteiger partial charge on any atom is -0.341 e. The van der Waals surface area contributed by atoms with Gasteiger partial charge in [0.2, 0.25) is 5.91 Å². The number of aryl methyl sites for hydroxylation is 1. The van der Waals surface area contributed by atoms with E-state index in [0.29, 0.717) is 5.92 Å². The van der Waals surface area contributed by atoms with Gasteiger partial charge in [0, 0.05) is 70.6 Å². The van der Waals surface area contributed by atoms with Crippen molar-refractivity contribution in [3.05, 3.63) is 48.7 Å². The molecule has 0 saturated carbocycles. The molecule has 8 nitrogen and oxygen atoms in total. The molecule has 0 bridgehead atoms. The molecule has 1 unspecified atom stereocenters. The SMILES string of the molecule is CCCn1ccnc1CN1CCN(C(C)=O)CC(Cc2cn3ccnc3cn2)C1. The van der Waals surface area contributed by atoms with Crippen LogP contribution in [0.15, 0.2) is 37.2 Å². The Balaban J connectivity index is 1.50. The smallest absolute Gasteiger partial charge is 0.219 e. The molecule has 29 heavy (non-hydrogen) atoms. The van der Waals surface area contributed by atoms with Gasteiger partial charge in [0.15, 0.2) is 5.65 Å². The zero-order chi connectivity index (χ0) is 20.2. The van der Waals surface area contributed by atoms with E-state index in [4.69, 9.17) is 0 Å². The van der Waals surface area contributed by atoms with Crippen LogP contribution in [0, 0.1) is 5.92 Å². The molecule has 3 aromatic heterocycles. The van der Waals surface area contributed by atoms with Crippen molar-refractivity contribution in [2.45, 2.75) is 39.8 Å². The number of aromatic nitrogens is 5. The molecular formula is C21H29N7O. The number of imidazole rings is 2. The maximum Gasteiger partial charge on any atom is 0.219 e. The average molecular weight is 396 g/mol. The molecule has 1 aliphatic heterocycles. The van der Waals surface area contributed by atoms with E-state index in [0.717, 1.165) is 69.3 Å². The minimum absolute atomic E-state index is 0.141. The Hall–Kier alpha value is -2.74. The van der Waals surface area contributed by atoms with Gasteiger partial charge in [-0.05, 0) is 18.8 Å². The maximum atomic E-state index is 12.1. The lowest BCUT2D eigenvalue weighted by molar-refractivity contribution is -0.129. The highest BCUT2D eigenvalue weighted by Crippen LogP contribution is 2.17. The van der Waals surface area contributed by atoms with Gasteiger partial charge in [-0.25, -0.2) is 9.97 Å².